The molecule has 0 radical (unpaired) electrons. The molecule has 1 aliphatic heterocycles. The molecule has 2 N–H and O–H groups in total. The van der Waals surface area contributed by atoms with Gasteiger partial charge in [0.2, 0.25) is 5.89 Å². The van der Waals surface area contributed by atoms with Crippen LogP contribution in [0.25, 0.3) is 0 Å². The number of amides is 2. The average Bonchev–Trinajstić information content (AvgIpc) is 3.37. The highest BCUT2D eigenvalue weighted by molar-refractivity contribution is 5.74. The molecule has 8 heteroatoms. The second kappa shape index (κ2) is 7.09. The van der Waals surface area contributed by atoms with E-state index in [4.69, 9.17) is 4.52 Å². The SMILES string of the molecule is CC(C)c1noc(C2CCN(C(=O)NCc3n[nH]c4c3CCC4)CC2)n1. The van der Waals surface area contributed by atoms with E-state index in [0.29, 0.717) is 25.5 Å². The lowest BCUT2D eigenvalue weighted by Gasteiger charge is -2.30. The van der Waals surface area contributed by atoms with Crippen LogP contribution in [0, 0.1) is 0 Å². The highest BCUT2D eigenvalue weighted by atomic mass is 16.5. The van der Waals surface area contributed by atoms with Gasteiger partial charge in [-0.15, -0.1) is 0 Å². The summed E-state index contributed by atoms with van der Waals surface area (Å²) in [5.41, 5.74) is 3.50. The average molecular weight is 358 g/mol. The summed E-state index contributed by atoms with van der Waals surface area (Å²) in [7, 11) is 0. The molecule has 8 nitrogen and oxygen atoms in total. The van der Waals surface area contributed by atoms with E-state index in [-0.39, 0.29) is 17.9 Å². The first-order valence-electron chi connectivity index (χ1n) is 9.53. The van der Waals surface area contributed by atoms with Crippen LogP contribution in [0.4, 0.5) is 4.79 Å². The predicted octanol–water partition coefficient (Wildman–Crippen LogP) is 2.49. The smallest absolute Gasteiger partial charge is 0.317 e. The number of carbonyl (C=O) groups excluding carboxylic acids is 1. The Labute approximate surface area is 152 Å². The summed E-state index contributed by atoms with van der Waals surface area (Å²) in [4.78, 5) is 18.8. The Morgan fingerprint density at radius 3 is 2.88 bits per heavy atom. The van der Waals surface area contributed by atoms with Gasteiger partial charge in [0.25, 0.3) is 0 Å². The van der Waals surface area contributed by atoms with Gasteiger partial charge in [-0.2, -0.15) is 10.1 Å². The number of nitrogens with one attached hydrogen (secondary N) is 2. The third kappa shape index (κ3) is 3.32. The first-order valence-corrected chi connectivity index (χ1v) is 9.53. The number of aromatic amines is 1. The van der Waals surface area contributed by atoms with Crippen LogP contribution in [0.1, 0.15) is 73.6 Å². The molecular formula is C18H26N6O2. The first kappa shape index (κ1) is 17.1. The third-order valence-electron chi connectivity index (χ3n) is 5.40. The molecule has 1 aliphatic carbocycles. The van der Waals surface area contributed by atoms with Crippen LogP contribution in [0.2, 0.25) is 0 Å². The van der Waals surface area contributed by atoms with Crippen molar-refractivity contribution in [1.82, 2.24) is 30.6 Å². The fourth-order valence-corrected chi connectivity index (χ4v) is 3.78. The molecule has 3 heterocycles. The summed E-state index contributed by atoms with van der Waals surface area (Å²) in [6, 6.07) is -0.0217. The van der Waals surface area contributed by atoms with E-state index in [2.05, 4.69) is 39.5 Å². The standard InChI is InChI=1S/C18H26N6O2/c1-11(2)16-20-17(26-23-16)12-6-8-24(9-7-12)18(25)19-10-15-13-4-3-5-14(13)21-22-15/h11-12H,3-10H2,1-2H3,(H,19,25)(H,21,22). The number of piperidine rings is 1. The van der Waals surface area contributed by atoms with Gasteiger partial charge in [0.1, 0.15) is 0 Å². The van der Waals surface area contributed by atoms with Crippen molar-refractivity contribution in [2.24, 2.45) is 0 Å². The van der Waals surface area contributed by atoms with Crippen molar-refractivity contribution in [2.45, 2.75) is 64.3 Å². The Kier molecular flexibility index (Phi) is 4.65. The van der Waals surface area contributed by atoms with Crippen LogP contribution in [-0.4, -0.2) is 44.4 Å². The van der Waals surface area contributed by atoms with Crippen LogP contribution in [0.5, 0.6) is 0 Å². The van der Waals surface area contributed by atoms with E-state index in [1.165, 1.54) is 17.7 Å². The molecular weight excluding hydrogens is 332 g/mol. The molecule has 1 saturated heterocycles. The van der Waals surface area contributed by atoms with Gasteiger partial charge in [-0.25, -0.2) is 4.79 Å². The van der Waals surface area contributed by atoms with Gasteiger partial charge in [0, 0.05) is 30.6 Å². The Morgan fingerprint density at radius 1 is 1.35 bits per heavy atom. The van der Waals surface area contributed by atoms with Crippen LogP contribution in [-0.2, 0) is 19.4 Å². The largest absolute Gasteiger partial charge is 0.339 e. The Balaban J connectivity index is 1.27. The van der Waals surface area contributed by atoms with E-state index in [1.807, 2.05) is 4.90 Å². The molecule has 0 saturated carbocycles. The Hall–Kier alpha value is -2.38. The Morgan fingerprint density at radius 2 is 2.15 bits per heavy atom. The van der Waals surface area contributed by atoms with Crippen molar-refractivity contribution in [2.75, 3.05) is 13.1 Å². The molecule has 2 aromatic heterocycles. The van der Waals surface area contributed by atoms with Crippen molar-refractivity contribution in [3.05, 3.63) is 28.7 Å². The van der Waals surface area contributed by atoms with Gasteiger partial charge in [-0.3, -0.25) is 5.10 Å². The summed E-state index contributed by atoms with van der Waals surface area (Å²) in [6.07, 6.45) is 5.01. The van der Waals surface area contributed by atoms with Crippen LogP contribution in [0.3, 0.4) is 0 Å². The van der Waals surface area contributed by atoms with Gasteiger partial charge in [-0.05, 0) is 37.7 Å². The minimum Gasteiger partial charge on any atom is -0.339 e. The molecule has 2 aromatic rings. The number of H-pyrrole nitrogens is 1. The number of likely N-dealkylation sites (tertiary alicyclic amines) is 1. The number of carbonyl (C=O) groups is 1. The maximum absolute atomic E-state index is 12.5. The molecule has 2 amide bonds. The van der Waals surface area contributed by atoms with Gasteiger partial charge in [0.05, 0.1) is 12.2 Å². The summed E-state index contributed by atoms with van der Waals surface area (Å²) in [6.45, 7) is 6.00. The molecule has 0 atom stereocenters. The van der Waals surface area contributed by atoms with Gasteiger partial charge >= 0.3 is 6.03 Å². The van der Waals surface area contributed by atoms with E-state index in [1.54, 1.807) is 0 Å². The fraction of sp³-hybridized carbons (Fsp3) is 0.667. The summed E-state index contributed by atoms with van der Waals surface area (Å²) in [5, 5.41) is 14.5. The normalized spacial score (nSPS) is 17.7. The number of hydrogen-bond acceptors (Lipinski definition) is 5. The monoisotopic (exact) mass is 358 g/mol. The van der Waals surface area contributed by atoms with Gasteiger partial charge in [-0.1, -0.05) is 19.0 Å². The molecule has 140 valence electrons. The third-order valence-corrected chi connectivity index (χ3v) is 5.40. The van der Waals surface area contributed by atoms with E-state index < -0.39 is 0 Å². The molecule has 1 fully saturated rings. The van der Waals surface area contributed by atoms with E-state index in [9.17, 15) is 4.79 Å². The molecule has 0 bridgehead atoms. The molecule has 26 heavy (non-hydrogen) atoms. The summed E-state index contributed by atoms with van der Waals surface area (Å²) >= 11 is 0. The maximum atomic E-state index is 12.5. The lowest BCUT2D eigenvalue weighted by molar-refractivity contribution is 0.174. The van der Waals surface area contributed by atoms with Crippen LogP contribution in [0.15, 0.2) is 4.52 Å². The molecule has 0 aromatic carbocycles. The minimum absolute atomic E-state index is 0.0217. The van der Waals surface area contributed by atoms with Crippen molar-refractivity contribution < 1.29 is 9.32 Å². The number of urea groups is 1. The topological polar surface area (TPSA) is 99.9 Å². The lowest BCUT2D eigenvalue weighted by atomic mass is 9.97. The van der Waals surface area contributed by atoms with Crippen molar-refractivity contribution in [3.8, 4) is 0 Å². The highest BCUT2D eigenvalue weighted by Gasteiger charge is 2.28. The lowest BCUT2D eigenvalue weighted by Crippen LogP contribution is -2.44. The van der Waals surface area contributed by atoms with Crippen molar-refractivity contribution >= 4 is 6.03 Å². The second-order valence-electron chi connectivity index (χ2n) is 7.55. The second-order valence-corrected chi connectivity index (χ2v) is 7.55. The van der Waals surface area contributed by atoms with E-state index in [0.717, 1.165) is 37.2 Å². The van der Waals surface area contributed by atoms with Gasteiger partial charge < -0.3 is 14.7 Å². The maximum Gasteiger partial charge on any atom is 0.317 e. The minimum atomic E-state index is -0.0217. The van der Waals surface area contributed by atoms with Crippen molar-refractivity contribution in [3.63, 3.8) is 0 Å². The predicted molar refractivity (Wildman–Crippen MR) is 94.8 cm³/mol. The number of fused-ring (bicyclic) bond motifs is 1. The molecule has 4 rings (SSSR count). The van der Waals surface area contributed by atoms with Crippen LogP contribution >= 0.6 is 0 Å². The molecule has 2 aliphatic rings. The number of rotatable bonds is 4. The van der Waals surface area contributed by atoms with Crippen molar-refractivity contribution in [1.29, 1.82) is 0 Å². The zero-order valence-corrected chi connectivity index (χ0v) is 15.4. The quantitative estimate of drug-likeness (QED) is 0.875. The Bertz CT molecular complexity index is 772. The zero-order valence-electron chi connectivity index (χ0n) is 15.4. The highest BCUT2D eigenvalue weighted by Crippen LogP contribution is 2.28. The summed E-state index contributed by atoms with van der Waals surface area (Å²) < 4.78 is 5.41. The number of aromatic nitrogens is 4. The number of aryl methyl sites for hydroxylation is 1. The molecule has 0 spiro atoms. The number of hydrogen-bond donors (Lipinski definition) is 2. The number of nitrogens with zero attached hydrogens (tertiary/aromatic N) is 4. The zero-order chi connectivity index (χ0) is 18.1. The fourth-order valence-electron chi connectivity index (χ4n) is 3.78. The van der Waals surface area contributed by atoms with E-state index >= 15 is 0 Å². The summed E-state index contributed by atoms with van der Waals surface area (Å²) in [5.74, 6) is 1.98. The van der Waals surface area contributed by atoms with Gasteiger partial charge in [0.15, 0.2) is 5.82 Å². The molecule has 0 unspecified atom stereocenters. The first-order chi connectivity index (χ1) is 12.6. The van der Waals surface area contributed by atoms with Crippen LogP contribution < -0.4 is 5.32 Å².